The lowest BCUT2D eigenvalue weighted by molar-refractivity contribution is 0.0883. The molecule has 5 rings (SSSR count). The van der Waals surface area contributed by atoms with E-state index in [0.29, 0.717) is 17.0 Å². The number of amides is 2. The summed E-state index contributed by atoms with van der Waals surface area (Å²) in [5, 5.41) is 1.37. The summed E-state index contributed by atoms with van der Waals surface area (Å²) < 4.78 is 1.94. The summed E-state index contributed by atoms with van der Waals surface area (Å²) in [5.41, 5.74) is 4.39. The summed E-state index contributed by atoms with van der Waals surface area (Å²) in [6.45, 7) is 0. The third-order valence-corrected chi connectivity index (χ3v) is 5.19. The smallest absolute Gasteiger partial charge is 0.267 e. The van der Waals surface area contributed by atoms with Crippen molar-refractivity contribution in [3.8, 4) is 0 Å². The van der Waals surface area contributed by atoms with Crippen LogP contribution in [0.15, 0.2) is 36.4 Å². The molecule has 0 atom stereocenters. The minimum atomic E-state index is -0.205. The zero-order chi connectivity index (χ0) is 16.3. The molecule has 1 aromatic heterocycles. The highest BCUT2D eigenvalue weighted by Gasteiger charge is 2.41. The molecule has 0 unspecified atom stereocenters. The van der Waals surface area contributed by atoms with E-state index in [9.17, 15) is 9.59 Å². The van der Waals surface area contributed by atoms with Crippen LogP contribution in [0.1, 0.15) is 69.3 Å². The molecule has 4 heteroatoms. The topological polar surface area (TPSA) is 42.3 Å². The highest BCUT2D eigenvalue weighted by molar-refractivity contribution is 6.30. The van der Waals surface area contributed by atoms with Gasteiger partial charge in [0.15, 0.2) is 0 Å². The van der Waals surface area contributed by atoms with Crippen molar-refractivity contribution in [2.75, 3.05) is 5.01 Å². The maximum Gasteiger partial charge on any atom is 0.281 e. The fourth-order valence-corrected chi connectivity index (χ4v) is 3.84. The van der Waals surface area contributed by atoms with Crippen molar-refractivity contribution in [3.05, 3.63) is 64.5 Å². The zero-order valence-corrected chi connectivity index (χ0v) is 13.4. The van der Waals surface area contributed by atoms with Crippen molar-refractivity contribution in [1.82, 2.24) is 4.68 Å². The van der Waals surface area contributed by atoms with E-state index < -0.39 is 0 Å². The summed E-state index contributed by atoms with van der Waals surface area (Å²) >= 11 is 0. The van der Waals surface area contributed by atoms with Crippen LogP contribution in [-0.2, 0) is 6.42 Å². The second kappa shape index (κ2) is 4.94. The molecule has 2 amide bonds. The van der Waals surface area contributed by atoms with Gasteiger partial charge in [-0.2, -0.15) is 5.01 Å². The van der Waals surface area contributed by atoms with Crippen LogP contribution in [0.2, 0.25) is 0 Å². The number of hydrogen-bond acceptors (Lipinski definition) is 2. The lowest BCUT2D eigenvalue weighted by Crippen LogP contribution is -2.42. The van der Waals surface area contributed by atoms with Crippen molar-refractivity contribution in [1.29, 1.82) is 0 Å². The van der Waals surface area contributed by atoms with Crippen molar-refractivity contribution in [3.63, 3.8) is 0 Å². The lowest BCUT2D eigenvalue weighted by atomic mass is 10.1. The minimum absolute atomic E-state index is 0.205. The van der Waals surface area contributed by atoms with Gasteiger partial charge in [0.2, 0.25) is 0 Å². The highest BCUT2D eigenvalue weighted by atomic mass is 16.2. The molecule has 2 heterocycles. The molecule has 1 aromatic carbocycles. The number of rotatable bonds is 2. The molecule has 0 N–H and O–H groups in total. The number of nitrogens with zero attached hydrogens (tertiary/aromatic N) is 2. The molecule has 0 spiro atoms. The summed E-state index contributed by atoms with van der Waals surface area (Å²) in [6.07, 6.45) is 9.57. The number of allylic oxidation sites excluding steroid dienone is 1. The van der Waals surface area contributed by atoms with E-state index in [0.717, 1.165) is 49.1 Å². The first-order valence-electron chi connectivity index (χ1n) is 8.65. The molecule has 0 saturated heterocycles. The van der Waals surface area contributed by atoms with Crippen molar-refractivity contribution < 1.29 is 9.59 Å². The van der Waals surface area contributed by atoms with E-state index in [1.54, 1.807) is 12.1 Å². The number of imide groups is 1. The van der Waals surface area contributed by atoms with Crippen LogP contribution in [0.5, 0.6) is 0 Å². The molecule has 4 nitrogen and oxygen atoms in total. The molecule has 0 radical (unpaired) electrons. The fraction of sp³-hybridized carbons (Fsp3) is 0.300. The van der Waals surface area contributed by atoms with Gasteiger partial charge in [-0.3, -0.25) is 14.3 Å². The van der Waals surface area contributed by atoms with Gasteiger partial charge in [0, 0.05) is 17.3 Å². The Bertz CT molecular complexity index is 867. The summed E-state index contributed by atoms with van der Waals surface area (Å²) in [7, 11) is 0. The van der Waals surface area contributed by atoms with Crippen molar-refractivity contribution in [2.45, 2.75) is 38.0 Å². The minimum Gasteiger partial charge on any atom is -0.267 e. The van der Waals surface area contributed by atoms with E-state index in [2.05, 4.69) is 18.2 Å². The van der Waals surface area contributed by atoms with E-state index in [4.69, 9.17) is 0 Å². The van der Waals surface area contributed by atoms with Gasteiger partial charge in [0.1, 0.15) is 0 Å². The first-order chi connectivity index (χ1) is 11.8. The number of benzene rings is 1. The molecule has 2 aliphatic carbocycles. The maximum atomic E-state index is 12.9. The number of aromatic nitrogens is 1. The van der Waals surface area contributed by atoms with E-state index in [1.165, 1.54) is 5.01 Å². The average Bonchev–Trinajstić information content (AvgIpc) is 3.38. The van der Waals surface area contributed by atoms with Gasteiger partial charge < -0.3 is 0 Å². The van der Waals surface area contributed by atoms with Crippen molar-refractivity contribution >= 4 is 17.9 Å². The third-order valence-electron chi connectivity index (χ3n) is 5.19. The van der Waals surface area contributed by atoms with E-state index in [1.807, 2.05) is 16.8 Å². The Kier molecular flexibility index (Phi) is 2.84. The van der Waals surface area contributed by atoms with Gasteiger partial charge in [0.25, 0.3) is 11.8 Å². The first-order valence-corrected chi connectivity index (χ1v) is 8.65. The number of hydrogen-bond donors (Lipinski definition) is 0. The van der Waals surface area contributed by atoms with Crippen LogP contribution in [0, 0.1) is 0 Å². The van der Waals surface area contributed by atoms with Crippen LogP contribution < -0.4 is 5.01 Å². The van der Waals surface area contributed by atoms with Crippen LogP contribution in [0.3, 0.4) is 0 Å². The predicted octanol–water partition coefficient (Wildman–Crippen LogP) is 3.65. The predicted molar refractivity (Wildman–Crippen MR) is 91.7 cm³/mol. The normalized spacial score (nSPS) is 19.4. The number of carbonyl (C=O) groups is 2. The Labute approximate surface area is 140 Å². The van der Waals surface area contributed by atoms with Crippen LogP contribution in [0.4, 0.5) is 0 Å². The maximum absolute atomic E-state index is 12.9. The largest absolute Gasteiger partial charge is 0.281 e. The molecular weight excluding hydrogens is 300 g/mol. The summed E-state index contributed by atoms with van der Waals surface area (Å²) in [4.78, 5) is 25.9. The quantitative estimate of drug-likeness (QED) is 0.793. The Morgan fingerprint density at radius 2 is 1.71 bits per heavy atom. The molecule has 1 fully saturated rings. The molecule has 24 heavy (non-hydrogen) atoms. The van der Waals surface area contributed by atoms with Crippen molar-refractivity contribution in [2.24, 2.45) is 0 Å². The summed E-state index contributed by atoms with van der Waals surface area (Å²) in [6, 6.07) is 9.30. The Morgan fingerprint density at radius 1 is 1.00 bits per heavy atom. The molecule has 2 aromatic rings. The van der Waals surface area contributed by atoms with Gasteiger partial charge in [-0.15, -0.1) is 0 Å². The molecule has 0 bridgehead atoms. The zero-order valence-electron chi connectivity index (χ0n) is 13.4. The Morgan fingerprint density at radius 3 is 2.38 bits per heavy atom. The SMILES string of the molecule is O=C1c2ccccc2C(=O)N1n1c(C2CC2)cc2c1CCCC=C2. The van der Waals surface area contributed by atoms with Gasteiger partial charge in [-0.1, -0.05) is 24.3 Å². The Hall–Kier alpha value is -2.62. The molecule has 120 valence electrons. The highest BCUT2D eigenvalue weighted by Crippen LogP contribution is 2.43. The summed E-state index contributed by atoms with van der Waals surface area (Å²) in [5.74, 6) is 0.0582. The van der Waals surface area contributed by atoms with Gasteiger partial charge in [-0.25, -0.2) is 0 Å². The monoisotopic (exact) mass is 318 g/mol. The lowest BCUT2D eigenvalue weighted by Gasteiger charge is -2.22. The number of fused-ring (bicyclic) bond motifs is 2. The molecule has 3 aliphatic rings. The molecule has 1 aliphatic heterocycles. The van der Waals surface area contributed by atoms with E-state index in [-0.39, 0.29) is 11.8 Å². The number of carbonyl (C=O) groups excluding carboxylic acids is 2. The second-order valence-corrected chi connectivity index (χ2v) is 6.82. The van der Waals surface area contributed by atoms with Crippen LogP contribution in [-0.4, -0.2) is 16.5 Å². The Balaban J connectivity index is 1.70. The third kappa shape index (κ3) is 1.86. The molecular formula is C20H18N2O2. The fourth-order valence-electron chi connectivity index (χ4n) is 3.84. The second-order valence-electron chi connectivity index (χ2n) is 6.82. The van der Waals surface area contributed by atoms with Gasteiger partial charge >= 0.3 is 0 Å². The standard InChI is InChI=1S/C20H18N2O2/c23-19-15-7-4-5-8-16(15)20(24)22(19)21-17-9-3-1-2-6-14(17)12-18(21)13-10-11-13/h2,4-8,12-13H,1,3,9-11H2. The molecule has 1 saturated carbocycles. The van der Waals surface area contributed by atoms with Crippen LogP contribution >= 0.6 is 0 Å². The van der Waals surface area contributed by atoms with Crippen LogP contribution in [0.25, 0.3) is 6.08 Å². The average molecular weight is 318 g/mol. The van der Waals surface area contributed by atoms with E-state index >= 15 is 0 Å². The van der Waals surface area contributed by atoms with Gasteiger partial charge in [0.05, 0.1) is 11.1 Å². The first kappa shape index (κ1) is 13.8. The van der Waals surface area contributed by atoms with Gasteiger partial charge in [-0.05, 0) is 55.9 Å².